The molecule has 1 aromatic rings. The highest BCUT2D eigenvalue weighted by atomic mass is 32.1. The van der Waals surface area contributed by atoms with Gasteiger partial charge < -0.3 is 15.7 Å². The summed E-state index contributed by atoms with van der Waals surface area (Å²) in [5.41, 5.74) is 0. The van der Waals surface area contributed by atoms with E-state index in [2.05, 4.69) is 20.0 Å². The predicted molar refractivity (Wildman–Crippen MR) is 53.2 cm³/mol. The van der Waals surface area contributed by atoms with Crippen LogP contribution in [-0.4, -0.2) is 40.1 Å². The van der Waals surface area contributed by atoms with E-state index in [4.69, 9.17) is 5.11 Å². The number of nitrogens with one attached hydrogen (secondary N) is 2. The summed E-state index contributed by atoms with van der Waals surface area (Å²) in [4.78, 5) is 15.2. The minimum atomic E-state index is -0.674. The smallest absolute Gasteiger partial charge is 0.244 e. The van der Waals surface area contributed by atoms with Gasteiger partial charge in [-0.1, -0.05) is 0 Å². The molecular formula is C7H12N4O2S. The van der Waals surface area contributed by atoms with Crippen molar-refractivity contribution < 1.29 is 9.90 Å². The molecule has 14 heavy (non-hydrogen) atoms. The molecule has 0 aromatic carbocycles. The van der Waals surface area contributed by atoms with Crippen LogP contribution in [0.25, 0.3) is 0 Å². The van der Waals surface area contributed by atoms with Gasteiger partial charge in [0.05, 0.1) is 6.61 Å². The number of hydrogen-bond donors (Lipinski definition) is 3. The lowest BCUT2D eigenvalue weighted by atomic mass is 10.3. The number of rotatable bonds is 4. The molecule has 0 radical (unpaired) electrons. The third kappa shape index (κ3) is 2.64. The van der Waals surface area contributed by atoms with Gasteiger partial charge in [-0.15, -0.1) is 0 Å². The molecule has 1 amide bonds. The van der Waals surface area contributed by atoms with Crippen LogP contribution >= 0.6 is 11.5 Å². The molecule has 0 fully saturated rings. The standard InChI is InChI=1S/C7H12N4O2S/c1-4-9-7(14-11-4)10-5(3-12)6(13)8-2/h5,12H,3H2,1-2H3,(H,8,13)(H,9,10,11). The van der Waals surface area contributed by atoms with Crippen LogP contribution in [0.4, 0.5) is 5.13 Å². The van der Waals surface area contributed by atoms with Crippen LogP contribution in [0.1, 0.15) is 5.82 Å². The van der Waals surface area contributed by atoms with E-state index in [1.807, 2.05) is 0 Å². The number of likely N-dealkylation sites (N-methyl/N-ethyl adjacent to an activating group) is 1. The van der Waals surface area contributed by atoms with Gasteiger partial charge in [-0.2, -0.15) is 4.37 Å². The molecule has 1 atom stereocenters. The van der Waals surface area contributed by atoms with Gasteiger partial charge in [-0.3, -0.25) is 4.79 Å². The van der Waals surface area contributed by atoms with E-state index in [1.54, 1.807) is 6.92 Å². The van der Waals surface area contributed by atoms with Gasteiger partial charge in [-0.05, 0) is 6.92 Å². The Balaban J connectivity index is 2.61. The van der Waals surface area contributed by atoms with Crippen LogP contribution in [-0.2, 0) is 4.79 Å². The predicted octanol–water partition coefficient (Wildman–Crippen LogP) is -0.635. The van der Waals surface area contributed by atoms with Crippen molar-refractivity contribution in [1.82, 2.24) is 14.7 Å². The van der Waals surface area contributed by atoms with E-state index in [1.165, 1.54) is 7.05 Å². The lowest BCUT2D eigenvalue weighted by molar-refractivity contribution is -0.122. The number of aliphatic hydroxyl groups excluding tert-OH is 1. The van der Waals surface area contributed by atoms with E-state index in [0.29, 0.717) is 11.0 Å². The number of carbonyl (C=O) groups is 1. The number of carbonyl (C=O) groups excluding carboxylic acids is 1. The Morgan fingerprint density at radius 2 is 2.43 bits per heavy atom. The summed E-state index contributed by atoms with van der Waals surface area (Å²) in [7, 11) is 1.51. The lowest BCUT2D eigenvalue weighted by Gasteiger charge is -2.12. The number of hydrogen-bond acceptors (Lipinski definition) is 6. The van der Waals surface area contributed by atoms with Crippen molar-refractivity contribution in [2.45, 2.75) is 13.0 Å². The van der Waals surface area contributed by atoms with E-state index in [9.17, 15) is 4.79 Å². The first-order valence-electron chi connectivity index (χ1n) is 4.06. The van der Waals surface area contributed by atoms with Gasteiger partial charge in [0.25, 0.3) is 0 Å². The van der Waals surface area contributed by atoms with Crippen molar-refractivity contribution in [2.24, 2.45) is 0 Å². The van der Waals surface area contributed by atoms with Gasteiger partial charge in [-0.25, -0.2) is 4.98 Å². The minimum Gasteiger partial charge on any atom is -0.394 e. The van der Waals surface area contributed by atoms with Crippen molar-refractivity contribution in [3.8, 4) is 0 Å². The van der Waals surface area contributed by atoms with Crippen molar-refractivity contribution >= 4 is 22.6 Å². The summed E-state index contributed by atoms with van der Waals surface area (Å²) < 4.78 is 3.94. The van der Waals surface area contributed by atoms with E-state index >= 15 is 0 Å². The second-order valence-electron chi connectivity index (χ2n) is 2.64. The Bertz CT molecular complexity index is 314. The van der Waals surface area contributed by atoms with Crippen molar-refractivity contribution in [1.29, 1.82) is 0 Å². The minimum absolute atomic E-state index is 0.277. The van der Waals surface area contributed by atoms with Gasteiger partial charge in [0.2, 0.25) is 11.0 Å². The molecule has 0 aliphatic carbocycles. The summed E-state index contributed by atoms with van der Waals surface area (Å²) >= 11 is 1.16. The zero-order valence-electron chi connectivity index (χ0n) is 7.94. The van der Waals surface area contributed by atoms with Crippen LogP contribution in [0.3, 0.4) is 0 Å². The average Bonchev–Trinajstić information content (AvgIpc) is 2.59. The first-order valence-corrected chi connectivity index (χ1v) is 4.84. The van der Waals surface area contributed by atoms with Crippen LogP contribution in [0.15, 0.2) is 0 Å². The largest absolute Gasteiger partial charge is 0.394 e. The third-order valence-electron chi connectivity index (χ3n) is 1.57. The third-order valence-corrected chi connectivity index (χ3v) is 2.31. The van der Waals surface area contributed by atoms with E-state index < -0.39 is 6.04 Å². The Kier molecular flexibility index (Phi) is 3.78. The molecule has 3 N–H and O–H groups in total. The normalized spacial score (nSPS) is 12.2. The number of aromatic nitrogens is 2. The molecular weight excluding hydrogens is 204 g/mol. The number of aliphatic hydroxyl groups is 1. The monoisotopic (exact) mass is 216 g/mol. The van der Waals surface area contributed by atoms with Crippen LogP contribution in [0, 0.1) is 6.92 Å². The quantitative estimate of drug-likeness (QED) is 0.623. The van der Waals surface area contributed by atoms with E-state index in [-0.39, 0.29) is 12.5 Å². The Labute approximate surface area is 85.5 Å². The topological polar surface area (TPSA) is 87.1 Å². The van der Waals surface area contributed by atoms with Gasteiger partial charge in [0.1, 0.15) is 11.9 Å². The first kappa shape index (κ1) is 10.9. The highest BCUT2D eigenvalue weighted by Gasteiger charge is 2.16. The molecule has 0 saturated heterocycles. The fraction of sp³-hybridized carbons (Fsp3) is 0.571. The molecule has 1 rings (SSSR count). The number of nitrogens with zero attached hydrogens (tertiary/aromatic N) is 2. The summed E-state index contributed by atoms with van der Waals surface area (Å²) in [5.74, 6) is 0.367. The molecule has 6 nitrogen and oxygen atoms in total. The number of anilines is 1. The van der Waals surface area contributed by atoms with Crippen molar-refractivity contribution in [3.63, 3.8) is 0 Å². The molecule has 1 aromatic heterocycles. The second-order valence-corrected chi connectivity index (χ2v) is 3.39. The lowest BCUT2D eigenvalue weighted by Crippen LogP contribution is -2.40. The molecule has 78 valence electrons. The summed E-state index contributed by atoms with van der Waals surface area (Å²) in [6, 6.07) is -0.674. The molecule has 1 heterocycles. The SMILES string of the molecule is CNC(=O)C(CO)Nc1nc(C)ns1. The van der Waals surface area contributed by atoms with Gasteiger partial charge >= 0.3 is 0 Å². The Morgan fingerprint density at radius 3 is 2.86 bits per heavy atom. The van der Waals surface area contributed by atoms with Crippen LogP contribution in [0.2, 0.25) is 0 Å². The Hall–Kier alpha value is -1.21. The van der Waals surface area contributed by atoms with Crippen molar-refractivity contribution in [3.05, 3.63) is 5.82 Å². The number of aryl methyl sites for hydroxylation is 1. The average molecular weight is 216 g/mol. The molecule has 0 aliphatic heterocycles. The maximum Gasteiger partial charge on any atom is 0.244 e. The summed E-state index contributed by atoms with van der Waals surface area (Å²) in [6.07, 6.45) is 0. The highest BCUT2D eigenvalue weighted by Crippen LogP contribution is 2.11. The first-order chi connectivity index (χ1) is 6.67. The van der Waals surface area contributed by atoms with Crippen molar-refractivity contribution in [2.75, 3.05) is 19.0 Å². The zero-order chi connectivity index (χ0) is 10.6. The van der Waals surface area contributed by atoms with Crippen LogP contribution < -0.4 is 10.6 Å². The highest BCUT2D eigenvalue weighted by molar-refractivity contribution is 7.09. The molecule has 0 bridgehead atoms. The molecule has 0 spiro atoms. The molecule has 7 heteroatoms. The number of amides is 1. The molecule has 0 saturated carbocycles. The van der Waals surface area contributed by atoms with Gasteiger partial charge in [0, 0.05) is 18.6 Å². The maximum atomic E-state index is 11.2. The van der Waals surface area contributed by atoms with E-state index in [0.717, 1.165) is 11.5 Å². The maximum absolute atomic E-state index is 11.2. The van der Waals surface area contributed by atoms with Crippen LogP contribution in [0.5, 0.6) is 0 Å². The molecule has 0 aliphatic rings. The second kappa shape index (κ2) is 4.87. The zero-order valence-corrected chi connectivity index (χ0v) is 8.76. The fourth-order valence-electron chi connectivity index (χ4n) is 0.873. The Morgan fingerprint density at radius 1 is 1.71 bits per heavy atom. The van der Waals surface area contributed by atoms with Gasteiger partial charge in [0.15, 0.2) is 0 Å². The summed E-state index contributed by atoms with van der Waals surface area (Å²) in [6.45, 7) is 1.48. The summed E-state index contributed by atoms with van der Waals surface area (Å²) in [5, 5.41) is 14.7. The fourth-order valence-corrected chi connectivity index (χ4v) is 1.50. The molecule has 1 unspecified atom stereocenters.